The largest absolute Gasteiger partial charge is 0.507 e. The van der Waals surface area contributed by atoms with E-state index in [1.165, 1.54) is 6.08 Å². The highest BCUT2D eigenvalue weighted by Gasteiger charge is 2.26. The van der Waals surface area contributed by atoms with Crippen LogP contribution >= 0.6 is 0 Å². The molecule has 2 rings (SSSR count). The first-order valence-corrected chi connectivity index (χ1v) is 16.2. The average molecular weight is 596 g/mol. The fourth-order valence-electron chi connectivity index (χ4n) is 4.88. The van der Waals surface area contributed by atoms with Gasteiger partial charge in [0.2, 0.25) is 11.7 Å². The number of aromatic hydroxyl groups is 2. The molecule has 0 heterocycles. The molecule has 1 amide bonds. The number of phenolic OH excluding ortho intramolecular Hbond substituents is 2. The monoisotopic (exact) mass is 595 g/mol. The van der Waals surface area contributed by atoms with Gasteiger partial charge in [0.05, 0.1) is 13.2 Å². The molecular weight excluding hydrogens is 538 g/mol. The molecule has 240 valence electrons. The Labute approximate surface area is 260 Å². The standard InChI is InChI=1S/C37H57NO5/c1-9-11-13-15-21-42-31-25-27(26-32(35(31)41)43-22-16-14-12-10-2)17-18-33(39)38-20-19-28-23-29(36(3,4)5)34(40)30(24-28)37(6,7)8/h17-18,23-26,40-41H,9-16,19-22H2,1-8H3,(H,38,39). The topological polar surface area (TPSA) is 88.0 Å². The molecule has 0 bridgehead atoms. The van der Waals surface area contributed by atoms with E-state index in [9.17, 15) is 15.0 Å². The first-order chi connectivity index (χ1) is 20.3. The van der Waals surface area contributed by atoms with Gasteiger partial charge in [-0.3, -0.25) is 4.79 Å². The fraction of sp³-hybridized carbons (Fsp3) is 0.595. The molecule has 0 saturated carbocycles. The van der Waals surface area contributed by atoms with Gasteiger partial charge in [-0.2, -0.15) is 0 Å². The molecule has 2 aromatic rings. The third kappa shape index (κ3) is 12.2. The summed E-state index contributed by atoms with van der Waals surface area (Å²) in [6, 6.07) is 7.61. The minimum Gasteiger partial charge on any atom is -0.507 e. The van der Waals surface area contributed by atoms with Crippen LogP contribution in [0, 0.1) is 0 Å². The highest BCUT2D eigenvalue weighted by molar-refractivity contribution is 5.91. The molecule has 43 heavy (non-hydrogen) atoms. The molecule has 6 nitrogen and oxygen atoms in total. The summed E-state index contributed by atoms with van der Waals surface area (Å²) >= 11 is 0. The summed E-state index contributed by atoms with van der Waals surface area (Å²) in [7, 11) is 0. The van der Waals surface area contributed by atoms with Crippen LogP contribution in [0.3, 0.4) is 0 Å². The molecule has 2 aromatic carbocycles. The predicted octanol–water partition coefficient (Wildman–Crippen LogP) is 8.98. The van der Waals surface area contributed by atoms with Gasteiger partial charge in [-0.25, -0.2) is 0 Å². The van der Waals surface area contributed by atoms with E-state index >= 15 is 0 Å². The molecule has 0 radical (unpaired) electrons. The maximum Gasteiger partial charge on any atom is 0.244 e. The van der Waals surface area contributed by atoms with Crippen molar-refractivity contribution in [2.75, 3.05) is 19.8 Å². The van der Waals surface area contributed by atoms with Crippen molar-refractivity contribution in [3.8, 4) is 23.0 Å². The Balaban J connectivity index is 2.12. The smallest absolute Gasteiger partial charge is 0.244 e. The summed E-state index contributed by atoms with van der Waals surface area (Å²) in [5.74, 6) is 0.908. The number of benzene rings is 2. The highest BCUT2D eigenvalue weighted by Crippen LogP contribution is 2.40. The van der Waals surface area contributed by atoms with Crippen LogP contribution in [0.25, 0.3) is 6.08 Å². The zero-order valence-electron chi connectivity index (χ0n) is 28.1. The highest BCUT2D eigenvalue weighted by atomic mass is 16.5. The van der Waals surface area contributed by atoms with Gasteiger partial charge in [0, 0.05) is 12.6 Å². The number of carbonyl (C=O) groups is 1. The second-order valence-electron chi connectivity index (χ2n) is 13.6. The van der Waals surface area contributed by atoms with Crippen molar-refractivity contribution in [3.05, 3.63) is 52.6 Å². The number of hydrogen-bond acceptors (Lipinski definition) is 5. The normalized spacial score (nSPS) is 12.1. The van der Waals surface area contributed by atoms with Crippen LogP contribution in [-0.4, -0.2) is 35.9 Å². The van der Waals surface area contributed by atoms with Gasteiger partial charge in [-0.15, -0.1) is 0 Å². The van der Waals surface area contributed by atoms with Crippen molar-refractivity contribution in [3.63, 3.8) is 0 Å². The molecule has 0 saturated heterocycles. The number of rotatable bonds is 17. The second kappa shape index (κ2) is 17.2. The second-order valence-corrected chi connectivity index (χ2v) is 13.6. The van der Waals surface area contributed by atoms with Crippen molar-refractivity contribution in [1.29, 1.82) is 0 Å². The van der Waals surface area contributed by atoms with Crippen molar-refractivity contribution in [1.82, 2.24) is 5.32 Å². The molecule has 3 N–H and O–H groups in total. The third-order valence-corrected chi connectivity index (χ3v) is 7.50. The molecule has 0 fully saturated rings. The number of nitrogens with one attached hydrogen (secondary N) is 1. The number of carbonyl (C=O) groups excluding carboxylic acids is 1. The number of ether oxygens (including phenoxy) is 2. The molecule has 6 heteroatoms. The van der Waals surface area contributed by atoms with Gasteiger partial charge >= 0.3 is 0 Å². The van der Waals surface area contributed by atoms with E-state index in [1.807, 2.05) is 0 Å². The Morgan fingerprint density at radius 1 is 0.744 bits per heavy atom. The van der Waals surface area contributed by atoms with Crippen molar-refractivity contribution in [2.45, 2.75) is 124 Å². The lowest BCUT2D eigenvalue weighted by Gasteiger charge is -2.28. The number of hydrogen-bond donors (Lipinski definition) is 3. The third-order valence-electron chi connectivity index (χ3n) is 7.50. The molecule has 0 atom stereocenters. The van der Waals surface area contributed by atoms with Crippen LogP contribution in [-0.2, 0) is 22.0 Å². The lowest BCUT2D eigenvalue weighted by Crippen LogP contribution is -2.24. The zero-order valence-corrected chi connectivity index (χ0v) is 28.1. The molecule has 0 aliphatic heterocycles. The Kier molecular flexibility index (Phi) is 14.4. The lowest BCUT2D eigenvalue weighted by atomic mass is 9.78. The van der Waals surface area contributed by atoms with Gasteiger partial charge in [0.15, 0.2) is 11.5 Å². The molecule has 0 aromatic heterocycles. The van der Waals surface area contributed by atoms with E-state index in [4.69, 9.17) is 9.47 Å². The summed E-state index contributed by atoms with van der Waals surface area (Å²) in [5.41, 5.74) is 3.24. The van der Waals surface area contributed by atoms with E-state index in [-0.39, 0.29) is 22.5 Å². The molecule has 0 aliphatic carbocycles. The summed E-state index contributed by atoms with van der Waals surface area (Å²) in [5, 5.41) is 24.8. The molecular formula is C37H57NO5. The van der Waals surface area contributed by atoms with E-state index < -0.39 is 0 Å². The Bertz CT molecular complexity index is 1120. The van der Waals surface area contributed by atoms with Crippen LogP contribution in [0.1, 0.15) is 129 Å². The fourth-order valence-corrected chi connectivity index (χ4v) is 4.88. The summed E-state index contributed by atoms with van der Waals surface area (Å²) in [4.78, 5) is 12.7. The van der Waals surface area contributed by atoms with Gasteiger partial charge in [-0.1, -0.05) is 106 Å². The van der Waals surface area contributed by atoms with Crippen LogP contribution < -0.4 is 14.8 Å². The number of amides is 1. The quantitative estimate of drug-likeness (QED) is 0.125. The van der Waals surface area contributed by atoms with Gasteiger partial charge in [0.25, 0.3) is 0 Å². The van der Waals surface area contributed by atoms with E-state index in [2.05, 4.69) is 72.8 Å². The molecule has 0 aliphatic rings. The minimum atomic E-state index is -0.206. The first-order valence-electron chi connectivity index (χ1n) is 16.2. The molecule has 0 unspecified atom stereocenters. The number of unbranched alkanes of at least 4 members (excludes halogenated alkanes) is 6. The maximum atomic E-state index is 12.7. The van der Waals surface area contributed by atoms with E-state index in [0.717, 1.165) is 73.6 Å². The lowest BCUT2D eigenvalue weighted by molar-refractivity contribution is -0.116. The van der Waals surface area contributed by atoms with Crippen LogP contribution in [0.2, 0.25) is 0 Å². The van der Waals surface area contributed by atoms with E-state index in [0.29, 0.717) is 43.4 Å². The van der Waals surface area contributed by atoms with Crippen LogP contribution in [0.5, 0.6) is 23.0 Å². The Morgan fingerprint density at radius 2 is 1.23 bits per heavy atom. The van der Waals surface area contributed by atoms with E-state index in [1.54, 1.807) is 18.2 Å². The van der Waals surface area contributed by atoms with Crippen molar-refractivity contribution in [2.24, 2.45) is 0 Å². The molecule has 0 spiro atoms. The number of phenols is 2. The summed E-state index contributed by atoms with van der Waals surface area (Å²) in [6.07, 6.45) is 12.5. The first kappa shape index (κ1) is 36.0. The van der Waals surface area contributed by atoms with Crippen LogP contribution in [0.4, 0.5) is 0 Å². The SMILES string of the molecule is CCCCCCOc1cc(C=CC(=O)NCCc2cc(C(C)(C)C)c(O)c(C(C)(C)C)c2)cc(OCCCCCC)c1O. The van der Waals surface area contributed by atoms with Gasteiger partial charge < -0.3 is 25.0 Å². The van der Waals surface area contributed by atoms with Gasteiger partial charge in [0.1, 0.15) is 5.75 Å². The van der Waals surface area contributed by atoms with Crippen molar-refractivity contribution >= 4 is 12.0 Å². The van der Waals surface area contributed by atoms with Crippen LogP contribution in [0.15, 0.2) is 30.3 Å². The Morgan fingerprint density at radius 3 is 1.67 bits per heavy atom. The summed E-state index contributed by atoms with van der Waals surface area (Å²) in [6.45, 7) is 18.4. The minimum absolute atomic E-state index is 0.00531. The van der Waals surface area contributed by atoms with Gasteiger partial charge in [-0.05, 0) is 70.6 Å². The zero-order chi connectivity index (χ0) is 32.0. The van der Waals surface area contributed by atoms with Crippen molar-refractivity contribution < 1.29 is 24.5 Å². The summed E-state index contributed by atoms with van der Waals surface area (Å²) < 4.78 is 11.8. The maximum absolute atomic E-state index is 12.7. The predicted molar refractivity (Wildman–Crippen MR) is 179 cm³/mol. The Hall–Kier alpha value is -3.15. The average Bonchev–Trinajstić information content (AvgIpc) is 2.93.